The highest BCUT2D eigenvalue weighted by atomic mass is 14.7. The summed E-state index contributed by atoms with van der Waals surface area (Å²) >= 11 is 0. The lowest BCUT2D eigenvalue weighted by molar-refractivity contribution is 1.31. The normalized spacial score (nSPS) is 11.7. The molecule has 0 aliphatic rings. The monoisotopic (exact) mass is 246 g/mol. The maximum absolute atomic E-state index is 4.73. The second-order valence-corrected chi connectivity index (χ2v) is 4.44. The second-order valence-electron chi connectivity index (χ2n) is 4.44. The average Bonchev–Trinajstić information content (AvgIpc) is 2.48. The molecule has 2 aromatic carbocycles. The number of nitrogens with zero attached hydrogens (tertiary/aromatic N) is 2. The van der Waals surface area contributed by atoms with Gasteiger partial charge in [-0.3, -0.25) is 9.98 Å². The Morgan fingerprint density at radius 1 is 0.947 bits per heavy atom. The van der Waals surface area contributed by atoms with E-state index in [1.54, 1.807) is 6.20 Å². The molecule has 19 heavy (non-hydrogen) atoms. The summed E-state index contributed by atoms with van der Waals surface area (Å²) in [6.07, 6.45) is 3.61. The van der Waals surface area contributed by atoms with Gasteiger partial charge in [0.2, 0.25) is 0 Å². The minimum atomic E-state index is 0.976. The molecule has 3 rings (SSSR count). The SMILES string of the molecule is CC(=Nc1cccc2ccccc12)c1cccnc1. The van der Waals surface area contributed by atoms with Crippen LogP contribution >= 0.6 is 0 Å². The first-order valence-corrected chi connectivity index (χ1v) is 6.28. The van der Waals surface area contributed by atoms with E-state index in [1.165, 1.54) is 10.8 Å². The molecule has 0 amide bonds. The third-order valence-corrected chi connectivity index (χ3v) is 3.13. The number of hydrogen-bond donors (Lipinski definition) is 0. The molecule has 0 N–H and O–H groups in total. The molecule has 0 saturated heterocycles. The molecule has 1 heterocycles. The van der Waals surface area contributed by atoms with Gasteiger partial charge < -0.3 is 0 Å². The van der Waals surface area contributed by atoms with Crippen LogP contribution in [-0.4, -0.2) is 10.7 Å². The van der Waals surface area contributed by atoms with Crippen molar-refractivity contribution in [3.05, 3.63) is 72.6 Å². The van der Waals surface area contributed by atoms with Crippen LogP contribution in [0.1, 0.15) is 12.5 Å². The molecule has 0 radical (unpaired) electrons. The lowest BCUT2D eigenvalue weighted by Crippen LogP contribution is -1.94. The average molecular weight is 246 g/mol. The van der Waals surface area contributed by atoms with Crippen molar-refractivity contribution < 1.29 is 0 Å². The summed E-state index contributed by atoms with van der Waals surface area (Å²) in [6.45, 7) is 2.01. The van der Waals surface area contributed by atoms with E-state index in [9.17, 15) is 0 Å². The quantitative estimate of drug-likeness (QED) is 0.616. The van der Waals surface area contributed by atoms with Gasteiger partial charge in [0.15, 0.2) is 0 Å². The first-order chi connectivity index (χ1) is 9.34. The first-order valence-electron chi connectivity index (χ1n) is 6.28. The van der Waals surface area contributed by atoms with Crippen LogP contribution in [0.4, 0.5) is 5.69 Å². The topological polar surface area (TPSA) is 25.2 Å². The molecule has 2 heteroatoms. The van der Waals surface area contributed by atoms with Crippen LogP contribution in [0.3, 0.4) is 0 Å². The summed E-state index contributed by atoms with van der Waals surface area (Å²) in [7, 11) is 0. The van der Waals surface area contributed by atoms with Crippen LogP contribution in [-0.2, 0) is 0 Å². The molecule has 1 aromatic heterocycles. The summed E-state index contributed by atoms with van der Waals surface area (Å²) in [5.74, 6) is 0. The Labute approximate surface area is 112 Å². The molecule has 0 saturated carbocycles. The summed E-state index contributed by atoms with van der Waals surface area (Å²) in [5.41, 5.74) is 3.03. The van der Waals surface area contributed by atoms with Crippen LogP contribution in [0.15, 0.2) is 72.0 Å². The highest BCUT2D eigenvalue weighted by Gasteiger charge is 2.01. The van der Waals surface area contributed by atoms with E-state index in [0.717, 1.165) is 17.0 Å². The molecule has 0 unspecified atom stereocenters. The van der Waals surface area contributed by atoms with Crippen molar-refractivity contribution in [2.45, 2.75) is 6.92 Å². The van der Waals surface area contributed by atoms with Crippen LogP contribution in [0.25, 0.3) is 10.8 Å². The van der Waals surface area contributed by atoms with Gasteiger partial charge in [-0.05, 0) is 24.4 Å². The zero-order chi connectivity index (χ0) is 13.1. The zero-order valence-electron chi connectivity index (χ0n) is 10.7. The first kappa shape index (κ1) is 11.6. The molecule has 2 nitrogen and oxygen atoms in total. The Hall–Kier alpha value is -2.48. The third-order valence-electron chi connectivity index (χ3n) is 3.13. The Bertz CT molecular complexity index is 725. The fourth-order valence-electron chi connectivity index (χ4n) is 2.13. The van der Waals surface area contributed by atoms with Crippen LogP contribution in [0.2, 0.25) is 0 Å². The summed E-state index contributed by atoms with van der Waals surface area (Å²) < 4.78 is 0. The van der Waals surface area contributed by atoms with E-state index >= 15 is 0 Å². The van der Waals surface area contributed by atoms with E-state index in [-0.39, 0.29) is 0 Å². The van der Waals surface area contributed by atoms with Crippen molar-refractivity contribution in [2.75, 3.05) is 0 Å². The number of benzene rings is 2. The van der Waals surface area contributed by atoms with Crippen molar-refractivity contribution >= 4 is 22.2 Å². The van der Waals surface area contributed by atoms with Gasteiger partial charge in [-0.1, -0.05) is 42.5 Å². The molecule has 0 aliphatic heterocycles. The number of aliphatic imine (C=N–C) groups is 1. The number of fused-ring (bicyclic) bond motifs is 1. The van der Waals surface area contributed by atoms with Crippen molar-refractivity contribution in [3.8, 4) is 0 Å². The predicted molar refractivity (Wildman–Crippen MR) is 80.1 cm³/mol. The molecule has 3 aromatic rings. The van der Waals surface area contributed by atoms with Gasteiger partial charge in [0.05, 0.1) is 5.69 Å². The van der Waals surface area contributed by atoms with Gasteiger partial charge in [-0.2, -0.15) is 0 Å². The maximum Gasteiger partial charge on any atom is 0.0711 e. The van der Waals surface area contributed by atoms with E-state index in [1.807, 2.05) is 49.5 Å². The van der Waals surface area contributed by atoms with Crippen molar-refractivity contribution in [1.29, 1.82) is 0 Å². The van der Waals surface area contributed by atoms with Crippen molar-refractivity contribution in [3.63, 3.8) is 0 Å². The Balaban J connectivity index is 2.11. The van der Waals surface area contributed by atoms with E-state index in [2.05, 4.69) is 23.2 Å². The Morgan fingerprint density at radius 2 is 1.79 bits per heavy atom. The minimum Gasteiger partial charge on any atom is -0.264 e. The molecule has 0 spiro atoms. The minimum absolute atomic E-state index is 0.976. The van der Waals surface area contributed by atoms with E-state index < -0.39 is 0 Å². The van der Waals surface area contributed by atoms with E-state index in [4.69, 9.17) is 4.99 Å². The lowest BCUT2D eigenvalue weighted by atomic mass is 10.1. The summed E-state index contributed by atoms with van der Waals surface area (Å²) in [4.78, 5) is 8.86. The summed E-state index contributed by atoms with van der Waals surface area (Å²) in [6, 6.07) is 18.4. The van der Waals surface area contributed by atoms with Gasteiger partial charge in [-0.15, -0.1) is 0 Å². The fraction of sp³-hybridized carbons (Fsp3) is 0.0588. The molecule has 92 valence electrons. The van der Waals surface area contributed by atoms with Crippen LogP contribution in [0, 0.1) is 0 Å². The van der Waals surface area contributed by atoms with Gasteiger partial charge in [0.25, 0.3) is 0 Å². The summed E-state index contributed by atoms with van der Waals surface area (Å²) in [5, 5.41) is 2.39. The fourth-order valence-corrected chi connectivity index (χ4v) is 2.13. The highest BCUT2D eigenvalue weighted by molar-refractivity contribution is 6.03. The highest BCUT2D eigenvalue weighted by Crippen LogP contribution is 2.26. The number of hydrogen-bond acceptors (Lipinski definition) is 2. The van der Waals surface area contributed by atoms with Crippen LogP contribution in [0.5, 0.6) is 0 Å². The van der Waals surface area contributed by atoms with Gasteiger partial charge in [0.1, 0.15) is 0 Å². The molecular weight excluding hydrogens is 232 g/mol. The standard InChI is InChI=1S/C17H14N2/c1-13(15-8-5-11-18-12-15)19-17-10-4-7-14-6-2-3-9-16(14)17/h2-12H,1H3. The van der Waals surface area contributed by atoms with E-state index in [0.29, 0.717) is 0 Å². The van der Waals surface area contributed by atoms with Crippen LogP contribution < -0.4 is 0 Å². The lowest BCUT2D eigenvalue weighted by Gasteiger charge is -2.04. The molecule has 0 bridgehead atoms. The zero-order valence-corrected chi connectivity index (χ0v) is 10.7. The van der Waals surface area contributed by atoms with Gasteiger partial charge >= 0.3 is 0 Å². The maximum atomic E-state index is 4.73. The van der Waals surface area contributed by atoms with Crippen molar-refractivity contribution in [2.24, 2.45) is 4.99 Å². The molecule has 0 fully saturated rings. The van der Waals surface area contributed by atoms with Crippen molar-refractivity contribution in [1.82, 2.24) is 4.98 Å². The molecular formula is C17H14N2. The smallest absolute Gasteiger partial charge is 0.0711 e. The number of rotatable bonds is 2. The second kappa shape index (κ2) is 5.02. The van der Waals surface area contributed by atoms with Gasteiger partial charge in [0, 0.05) is 29.1 Å². The third kappa shape index (κ3) is 2.38. The van der Waals surface area contributed by atoms with Gasteiger partial charge in [-0.25, -0.2) is 0 Å². The Morgan fingerprint density at radius 3 is 2.63 bits per heavy atom. The largest absolute Gasteiger partial charge is 0.264 e. The predicted octanol–water partition coefficient (Wildman–Crippen LogP) is 4.38. The Kier molecular flexibility index (Phi) is 3.07. The molecule has 0 aliphatic carbocycles. The molecule has 0 atom stereocenters. The number of aromatic nitrogens is 1. The number of pyridine rings is 1.